The Balaban J connectivity index is 2.36. The van der Waals surface area contributed by atoms with E-state index in [1.165, 1.54) is 6.07 Å². The molecule has 1 atom stereocenters. The maximum atomic E-state index is 13.4. The van der Waals surface area contributed by atoms with Gasteiger partial charge in [0.05, 0.1) is 13.6 Å². The standard InChI is InChI=1S/C11H5Br3ClFS/c12-6-4-9(17-11(6)14)10(13)5-1-2-7(15)8(16)3-5/h1-4,10H. The van der Waals surface area contributed by atoms with Crippen LogP contribution in [0.4, 0.5) is 4.39 Å². The van der Waals surface area contributed by atoms with E-state index in [1.54, 1.807) is 17.4 Å². The lowest BCUT2D eigenvalue weighted by Gasteiger charge is -2.08. The van der Waals surface area contributed by atoms with Crippen molar-refractivity contribution in [3.05, 3.63) is 53.8 Å². The molecule has 2 aromatic rings. The first-order chi connectivity index (χ1) is 7.99. The van der Waals surface area contributed by atoms with E-state index < -0.39 is 5.82 Å². The highest BCUT2D eigenvalue weighted by Gasteiger charge is 2.16. The van der Waals surface area contributed by atoms with Crippen molar-refractivity contribution in [1.29, 1.82) is 0 Å². The summed E-state index contributed by atoms with van der Waals surface area (Å²) >= 11 is 17.7. The molecule has 0 aliphatic rings. The van der Waals surface area contributed by atoms with Gasteiger partial charge in [-0.1, -0.05) is 33.6 Å². The number of alkyl halides is 1. The van der Waals surface area contributed by atoms with Crippen LogP contribution in [0.5, 0.6) is 0 Å². The normalized spacial score (nSPS) is 12.8. The second-order valence-electron chi connectivity index (χ2n) is 3.31. The second-order valence-corrected chi connectivity index (χ2v) is 7.89. The zero-order valence-electron chi connectivity index (χ0n) is 8.18. The highest BCUT2D eigenvalue weighted by molar-refractivity contribution is 9.13. The van der Waals surface area contributed by atoms with Gasteiger partial charge in [0, 0.05) is 9.35 Å². The van der Waals surface area contributed by atoms with Gasteiger partial charge in [-0.05, 0) is 55.6 Å². The lowest BCUT2D eigenvalue weighted by atomic mass is 10.1. The summed E-state index contributed by atoms with van der Waals surface area (Å²) in [6.45, 7) is 0. The molecule has 6 heteroatoms. The summed E-state index contributed by atoms with van der Waals surface area (Å²) in [5.74, 6) is -0.400. The first-order valence-electron chi connectivity index (χ1n) is 4.53. The van der Waals surface area contributed by atoms with Gasteiger partial charge in [0.25, 0.3) is 0 Å². The number of halogens is 5. The van der Waals surface area contributed by atoms with Gasteiger partial charge in [0.2, 0.25) is 0 Å². The topological polar surface area (TPSA) is 0 Å². The van der Waals surface area contributed by atoms with E-state index in [0.717, 1.165) is 18.7 Å². The Labute approximate surface area is 133 Å². The molecule has 0 radical (unpaired) electrons. The average Bonchev–Trinajstić information content (AvgIpc) is 2.62. The predicted molar refractivity (Wildman–Crippen MR) is 81.9 cm³/mol. The average molecular weight is 463 g/mol. The van der Waals surface area contributed by atoms with Crippen molar-refractivity contribution >= 4 is 70.7 Å². The van der Waals surface area contributed by atoms with Gasteiger partial charge in [-0.2, -0.15) is 0 Å². The fraction of sp³-hybridized carbons (Fsp3) is 0.0909. The van der Waals surface area contributed by atoms with Crippen molar-refractivity contribution in [2.45, 2.75) is 4.83 Å². The summed E-state index contributed by atoms with van der Waals surface area (Å²) in [5, 5.41) is 0.141. The van der Waals surface area contributed by atoms with Crippen molar-refractivity contribution < 1.29 is 4.39 Å². The Morgan fingerprint density at radius 3 is 2.47 bits per heavy atom. The van der Waals surface area contributed by atoms with Crippen molar-refractivity contribution in [3.63, 3.8) is 0 Å². The summed E-state index contributed by atoms with van der Waals surface area (Å²) < 4.78 is 15.4. The van der Waals surface area contributed by atoms with Crippen molar-refractivity contribution in [2.24, 2.45) is 0 Å². The summed E-state index contributed by atoms with van der Waals surface area (Å²) in [6.07, 6.45) is 0. The zero-order chi connectivity index (χ0) is 12.6. The number of thiophene rings is 1. The molecule has 0 fully saturated rings. The van der Waals surface area contributed by atoms with Gasteiger partial charge >= 0.3 is 0 Å². The molecule has 1 aromatic carbocycles. The molecule has 1 aromatic heterocycles. The lowest BCUT2D eigenvalue weighted by molar-refractivity contribution is 0.626. The Hall–Kier alpha value is 0.580. The molecule has 0 aliphatic carbocycles. The molecule has 0 spiro atoms. The summed E-state index contributed by atoms with van der Waals surface area (Å²) in [7, 11) is 0. The number of benzene rings is 1. The monoisotopic (exact) mass is 460 g/mol. The Morgan fingerprint density at radius 1 is 1.24 bits per heavy atom. The van der Waals surface area contributed by atoms with Crippen LogP contribution >= 0.6 is 70.7 Å². The van der Waals surface area contributed by atoms with Crippen LogP contribution in [0.2, 0.25) is 5.02 Å². The van der Waals surface area contributed by atoms with Crippen LogP contribution in [-0.2, 0) is 0 Å². The van der Waals surface area contributed by atoms with E-state index in [0.29, 0.717) is 0 Å². The Morgan fingerprint density at radius 2 is 1.94 bits per heavy atom. The van der Waals surface area contributed by atoms with Gasteiger partial charge in [0.15, 0.2) is 0 Å². The quantitative estimate of drug-likeness (QED) is 0.443. The smallest absolute Gasteiger partial charge is 0.142 e. The summed E-state index contributed by atoms with van der Waals surface area (Å²) in [4.78, 5) is 1.05. The molecule has 1 heterocycles. The van der Waals surface area contributed by atoms with Gasteiger partial charge in [-0.25, -0.2) is 4.39 Å². The van der Waals surface area contributed by atoms with E-state index in [1.807, 2.05) is 12.1 Å². The van der Waals surface area contributed by atoms with Gasteiger partial charge in [-0.3, -0.25) is 0 Å². The minimum Gasteiger partial charge on any atom is -0.205 e. The molecule has 0 saturated heterocycles. The van der Waals surface area contributed by atoms with Crippen LogP contribution in [0.15, 0.2) is 32.5 Å². The van der Waals surface area contributed by atoms with Gasteiger partial charge in [0.1, 0.15) is 5.82 Å². The largest absolute Gasteiger partial charge is 0.205 e. The molecule has 0 bridgehead atoms. The molecule has 0 aliphatic heterocycles. The van der Waals surface area contributed by atoms with Crippen molar-refractivity contribution in [2.75, 3.05) is 0 Å². The van der Waals surface area contributed by atoms with Crippen LogP contribution in [0.25, 0.3) is 0 Å². The lowest BCUT2D eigenvalue weighted by Crippen LogP contribution is -1.91. The Kier molecular flexibility index (Phi) is 4.69. The fourth-order valence-corrected chi connectivity index (χ4v) is 4.23. The van der Waals surface area contributed by atoms with Crippen molar-refractivity contribution in [1.82, 2.24) is 0 Å². The predicted octanol–water partition coefficient (Wildman–Crippen LogP) is 6.55. The summed E-state index contributed by atoms with van der Waals surface area (Å²) in [5.41, 5.74) is 0.841. The molecular weight excluding hydrogens is 458 g/mol. The fourth-order valence-electron chi connectivity index (χ4n) is 1.32. The zero-order valence-corrected chi connectivity index (χ0v) is 14.5. The maximum Gasteiger partial charge on any atom is 0.142 e. The molecule has 0 saturated carbocycles. The third-order valence-electron chi connectivity index (χ3n) is 2.15. The molecule has 2 rings (SSSR count). The van der Waals surface area contributed by atoms with E-state index in [-0.39, 0.29) is 9.85 Å². The minimum absolute atomic E-state index is 0.0399. The van der Waals surface area contributed by atoms with Gasteiger partial charge in [-0.15, -0.1) is 11.3 Å². The maximum absolute atomic E-state index is 13.4. The van der Waals surface area contributed by atoms with E-state index in [9.17, 15) is 4.39 Å². The van der Waals surface area contributed by atoms with E-state index >= 15 is 0 Å². The van der Waals surface area contributed by atoms with Crippen molar-refractivity contribution in [3.8, 4) is 0 Å². The van der Waals surface area contributed by atoms with E-state index in [4.69, 9.17) is 11.6 Å². The first-order valence-corrected chi connectivity index (χ1v) is 8.22. The molecule has 0 nitrogen and oxygen atoms in total. The molecule has 0 N–H and O–H groups in total. The molecular formula is C11H5Br3ClFS. The van der Waals surface area contributed by atoms with Crippen LogP contribution in [0.3, 0.4) is 0 Å². The van der Waals surface area contributed by atoms with Crippen LogP contribution in [0, 0.1) is 5.82 Å². The number of hydrogen-bond acceptors (Lipinski definition) is 1. The molecule has 1 unspecified atom stereocenters. The molecule has 17 heavy (non-hydrogen) atoms. The number of rotatable bonds is 2. The highest BCUT2D eigenvalue weighted by Crippen LogP contribution is 2.41. The van der Waals surface area contributed by atoms with E-state index in [2.05, 4.69) is 47.8 Å². The number of hydrogen-bond donors (Lipinski definition) is 0. The minimum atomic E-state index is -0.400. The molecule has 90 valence electrons. The third kappa shape index (κ3) is 3.13. The van der Waals surface area contributed by atoms with Crippen LogP contribution in [-0.4, -0.2) is 0 Å². The highest BCUT2D eigenvalue weighted by atomic mass is 79.9. The summed E-state index contributed by atoms with van der Waals surface area (Å²) in [6, 6.07) is 6.83. The second kappa shape index (κ2) is 5.70. The third-order valence-corrected chi connectivity index (χ3v) is 7.10. The molecule has 0 amide bonds. The Bertz CT molecular complexity index is 536. The van der Waals surface area contributed by atoms with Crippen LogP contribution in [0.1, 0.15) is 15.3 Å². The first kappa shape index (κ1) is 14.0. The van der Waals surface area contributed by atoms with Gasteiger partial charge < -0.3 is 0 Å². The SMILES string of the molecule is Fc1cc(C(Br)c2cc(Br)c(Br)s2)ccc1Cl. The van der Waals surface area contributed by atoms with Crippen LogP contribution < -0.4 is 0 Å².